The van der Waals surface area contributed by atoms with Crippen LogP contribution < -0.4 is 0 Å². The Balaban J connectivity index is 1.82. The highest BCUT2D eigenvalue weighted by atomic mass is 16.5. The highest BCUT2D eigenvalue weighted by Gasteiger charge is 2.33. The smallest absolute Gasteiger partial charge is 0.328 e. The van der Waals surface area contributed by atoms with E-state index in [-0.39, 0.29) is 25.2 Å². The van der Waals surface area contributed by atoms with E-state index in [2.05, 4.69) is 6.92 Å². The Labute approximate surface area is 119 Å². The van der Waals surface area contributed by atoms with Gasteiger partial charge in [0.2, 0.25) is 5.91 Å². The van der Waals surface area contributed by atoms with Crippen molar-refractivity contribution in [1.29, 1.82) is 0 Å². The summed E-state index contributed by atoms with van der Waals surface area (Å²) in [4.78, 5) is 24.6. The van der Waals surface area contributed by atoms with Crippen molar-refractivity contribution in [3.8, 4) is 0 Å². The quantitative estimate of drug-likeness (QED) is 0.830. The lowest BCUT2D eigenvalue weighted by Crippen LogP contribution is -2.53. The fourth-order valence-corrected chi connectivity index (χ4v) is 2.91. The number of rotatable bonds is 4. The monoisotopic (exact) mass is 285 g/mol. The van der Waals surface area contributed by atoms with Crippen LogP contribution in [0.4, 0.5) is 0 Å². The van der Waals surface area contributed by atoms with Crippen LogP contribution in [-0.4, -0.2) is 60.4 Å². The average molecular weight is 285 g/mol. The van der Waals surface area contributed by atoms with Gasteiger partial charge in [-0.15, -0.1) is 0 Å². The number of carbonyl (C=O) groups excluding carboxylic acids is 1. The van der Waals surface area contributed by atoms with Gasteiger partial charge in [-0.2, -0.15) is 0 Å². The fraction of sp³-hybridized carbons (Fsp3) is 0.857. The second kappa shape index (κ2) is 7.04. The maximum atomic E-state index is 12.1. The molecular weight excluding hydrogens is 262 g/mol. The van der Waals surface area contributed by atoms with Crippen molar-refractivity contribution in [2.45, 2.75) is 44.8 Å². The highest BCUT2D eigenvalue weighted by molar-refractivity contribution is 5.84. The number of aliphatic carboxylic acids is 1. The third kappa shape index (κ3) is 3.93. The van der Waals surface area contributed by atoms with E-state index in [1.165, 1.54) is 11.3 Å². The summed E-state index contributed by atoms with van der Waals surface area (Å²) < 4.78 is 10.8. The zero-order valence-corrected chi connectivity index (χ0v) is 11.9. The highest BCUT2D eigenvalue weighted by Crippen LogP contribution is 2.25. The molecule has 2 fully saturated rings. The third-order valence-corrected chi connectivity index (χ3v) is 4.06. The molecule has 0 unspecified atom stereocenters. The Kier molecular flexibility index (Phi) is 5.37. The Morgan fingerprint density at radius 1 is 1.40 bits per heavy atom. The fourth-order valence-electron chi connectivity index (χ4n) is 2.91. The van der Waals surface area contributed by atoms with Gasteiger partial charge in [-0.05, 0) is 18.8 Å². The van der Waals surface area contributed by atoms with E-state index in [9.17, 15) is 9.59 Å². The molecule has 6 heteroatoms. The van der Waals surface area contributed by atoms with Crippen molar-refractivity contribution in [3.05, 3.63) is 0 Å². The minimum Gasteiger partial charge on any atom is -0.480 e. The molecule has 0 bridgehead atoms. The van der Waals surface area contributed by atoms with E-state index in [0.29, 0.717) is 19.1 Å². The SMILES string of the molecule is C[C@@H]1CCC[C@H](OCC(=O)N2CCOC[C@H]2C(=O)O)C1. The molecule has 0 radical (unpaired) electrons. The number of hydrogen-bond donors (Lipinski definition) is 1. The van der Waals surface area contributed by atoms with E-state index in [0.717, 1.165) is 19.3 Å². The van der Waals surface area contributed by atoms with E-state index in [4.69, 9.17) is 14.6 Å². The number of morpholine rings is 1. The van der Waals surface area contributed by atoms with Gasteiger partial charge in [0.25, 0.3) is 0 Å². The Hall–Kier alpha value is -1.14. The maximum absolute atomic E-state index is 12.1. The molecule has 1 saturated carbocycles. The van der Waals surface area contributed by atoms with Crippen LogP contribution in [0.1, 0.15) is 32.6 Å². The summed E-state index contributed by atoms with van der Waals surface area (Å²) in [5.74, 6) is -0.637. The molecule has 1 heterocycles. The van der Waals surface area contributed by atoms with E-state index in [1.807, 2.05) is 0 Å². The van der Waals surface area contributed by atoms with Gasteiger partial charge in [0.1, 0.15) is 6.61 Å². The van der Waals surface area contributed by atoms with Gasteiger partial charge in [-0.25, -0.2) is 4.79 Å². The largest absolute Gasteiger partial charge is 0.480 e. The van der Waals surface area contributed by atoms with Crippen LogP contribution >= 0.6 is 0 Å². The van der Waals surface area contributed by atoms with Crippen LogP contribution in [0.3, 0.4) is 0 Å². The lowest BCUT2D eigenvalue weighted by atomic mass is 9.89. The van der Waals surface area contributed by atoms with E-state index >= 15 is 0 Å². The Morgan fingerprint density at radius 2 is 2.20 bits per heavy atom. The summed E-state index contributed by atoms with van der Waals surface area (Å²) in [5.41, 5.74) is 0. The first-order valence-corrected chi connectivity index (χ1v) is 7.29. The van der Waals surface area contributed by atoms with Crippen molar-refractivity contribution in [1.82, 2.24) is 4.90 Å². The van der Waals surface area contributed by atoms with Gasteiger partial charge >= 0.3 is 5.97 Å². The zero-order chi connectivity index (χ0) is 14.5. The van der Waals surface area contributed by atoms with Crippen molar-refractivity contribution < 1.29 is 24.2 Å². The average Bonchev–Trinajstić information content (AvgIpc) is 2.45. The van der Waals surface area contributed by atoms with Gasteiger partial charge < -0.3 is 19.5 Å². The first-order chi connectivity index (χ1) is 9.58. The van der Waals surface area contributed by atoms with Crippen molar-refractivity contribution in [3.63, 3.8) is 0 Å². The van der Waals surface area contributed by atoms with E-state index in [1.54, 1.807) is 0 Å². The number of carboxylic acids is 1. The number of carboxylic acid groups (broad SMARTS) is 1. The molecule has 0 spiro atoms. The van der Waals surface area contributed by atoms with Crippen LogP contribution in [0.2, 0.25) is 0 Å². The van der Waals surface area contributed by atoms with Crippen LogP contribution in [0, 0.1) is 5.92 Å². The molecule has 0 aromatic carbocycles. The number of carbonyl (C=O) groups is 2. The maximum Gasteiger partial charge on any atom is 0.328 e. The first-order valence-electron chi connectivity index (χ1n) is 7.29. The predicted octanol–water partition coefficient (Wildman–Crippen LogP) is 0.894. The normalized spacial score (nSPS) is 31.1. The molecule has 2 aliphatic rings. The standard InChI is InChI=1S/C14H23NO5/c1-10-3-2-4-11(7-10)20-9-13(16)15-5-6-19-8-12(15)14(17)18/h10-12H,2-9H2,1H3,(H,17,18)/t10-,11+,12+/m1/s1. The summed E-state index contributed by atoms with van der Waals surface area (Å²) in [5, 5.41) is 9.09. The zero-order valence-electron chi connectivity index (χ0n) is 11.9. The Bertz CT molecular complexity index is 359. The number of amides is 1. The molecule has 3 atom stereocenters. The molecular formula is C14H23NO5. The van der Waals surface area contributed by atoms with E-state index < -0.39 is 12.0 Å². The molecule has 6 nitrogen and oxygen atoms in total. The summed E-state index contributed by atoms with van der Waals surface area (Å²) in [6, 6.07) is -0.884. The number of ether oxygens (including phenoxy) is 2. The summed E-state index contributed by atoms with van der Waals surface area (Å²) >= 11 is 0. The van der Waals surface area contributed by atoms with Gasteiger partial charge in [0, 0.05) is 6.54 Å². The van der Waals surface area contributed by atoms with Crippen LogP contribution in [0.5, 0.6) is 0 Å². The third-order valence-electron chi connectivity index (χ3n) is 4.06. The number of hydrogen-bond acceptors (Lipinski definition) is 4. The summed E-state index contributed by atoms with van der Waals surface area (Å²) in [7, 11) is 0. The van der Waals surface area contributed by atoms with Crippen molar-refractivity contribution in [2.75, 3.05) is 26.4 Å². The molecule has 0 aromatic heterocycles. The molecule has 114 valence electrons. The van der Waals surface area contributed by atoms with Crippen molar-refractivity contribution >= 4 is 11.9 Å². The molecule has 1 saturated heterocycles. The predicted molar refractivity (Wildman–Crippen MR) is 71.3 cm³/mol. The molecule has 0 aromatic rings. The topological polar surface area (TPSA) is 76.1 Å². The first kappa shape index (κ1) is 15.3. The minimum absolute atomic E-state index is 0.0266. The minimum atomic E-state index is -1.02. The van der Waals surface area contributed by atoms with Gasteiger partial charge in [0.15, 0.2) is 6.04 Å². The lowest BCUT2D eigenvalue weighted by molar-refractivity contribution is -0.161. The summed E-state index contributed by atoms with van der Waals surface area (Å²) in [6.07, 6.45) is 4.46. The van der Waals surface area contributed by atoms with Crippen LogP contribution in [0.25, 0.3) is 0 Å². The van der Waals surface area contributed by atoms with Crippen LogP contribution in [-0.2, 0) is 19.1 Å². The number of nitrogens with zero attached hydrogens (tertiary/aromatic N) is 1. The second-order valence-electron chi connectivity index (χ2n) is 5.72. The van der Waals surface area contributed by atoms with Crippen LogP contribution in [0.15, 0.2) is 0 Å². The lowest BCUT2D eigenvalue weighted by Gasteiger charge is -2.33. The van der Waals surface area contributed by atoms with Crippen molar-refractivity contribution in [2.24, 2.45) is 5.92 Å². The van der Waals surface area contributed by atoms with Gasteiger partial charge in [0.05, 0.1) is 19.3 Å². The molecule has 20 heavy (non-hydrogen) atoms. The molecule has 1 N–H and O–H groups in total. The Morgan fingerprint density at radius 3 is 2.90 bits per heavy atom. The molecule has 1 aliphatic carbocycles. The summed E-state index contributed by atoms with van der Waals surface area (Å²) in [6.45, 7) is 2.93. The molecule has 2 rings (SSSR count). The van der Waals surface area contributed by atoms with Gasteiger partial charge in [-0.3, -0.25) is 4.79 Å². The molecule has 1 amide bonds. The second-order valence-corrected chi connectivity index (χ2v) is 5.72. The van der Waals surface area contributed by atoms with Gasteiger partial charge in [-0.1, -0.05) is 19.8 Å². The molecule has 1 aliphatic heterocycles.